The lowest BCUT2D eigenvalue weighted by molar-refractivity contribution is -0.392. The zero-order chi connectivity index (χ0) is 41.4. The van der Waals surface area contributed by atoms with Gasteiger partial charge in [-0.15, -0.1) is 0 Å². The number of nitro groups is 2. The molecule has 14 nitrogen and oxygen atoms in total. The van der Waals surface area contributed by atoms with Crippen molar-refractivity contribution in [3.05, 3.63) is 144 Å². The fourth-order valence-corrected chi connectivity index (χ4v) is 10.3. The molecule has 0 bridgehead atoms. The molecule has 2 amide bonds. The number of carbonyl (C=O) groups is 4. The number of fused-ring (bicyclic) bond motifs is 4. The molecule has 1 N–H and O–H groups in total. The van der Waals surface area contributed by atoms with Crippen LogP contribution in [0.15, 0.2) is 107 Å². The number of Topliss-reactive ketones (excluding diaryl/α,β-unsaturated/α-hetero) is 1. The standard InChI is InChI=1S/C43H35BrN4O10/c1-45(2)38-32(47(54)55)18-25(19-33(38)48(56)57)46-41(52)27-15-14-26-29(36(27)42(46)53)20-30-39(50)28(22-10-6-4-7-11-22)21-35(49)43(30,24-12-8-5-9-13-24)37(26)23-16-31(44)40(51)34(17-23)58-3/h4-14,16-19,21,27,29-30,36-37,51H,15,20H2,1-3H3. The van der Waals surface area contributed by atoms with E-state index in [2.05, 4.69) is 15.9 Å². The summed E-state index contributed by atoms with van der Waals surface area (Å²) in [4.78, 5) is 84.7. The summed E-state index contributed by atoms with van der Waals surface area (Å²) in [5, 5.41) is 35.4. The van der Waals surface area contributed by atoms with E-state index in [1.807, 2.05) is 6.08 Å². The molecule has 4 aromatic carbocycles. The summed E-state index contributed by atoms with van der Waals surface area (Å²) in [5.41, 5.74) is -1.05. The maximum absolute atomic E-state index is 15.3. The third-order valence-corrected chi connectivity index (χ3v) is 12.7. The molecule has 4 aliphatic rings. The number of halogens is 1. The number of nitro benzene ring substituents is 2. The van der Waals surface area contributed by atoms with Gasteiger partial charge in [0.1, 0.15) is 0 Å². The van der Waals surface area contributed by atoms with Gasteiger partial charge < -0.3 is 14.7 Å². The number of allylic oxidation sites excluding steroid dienone is 4. The Kier molecular flexibility index (Phi) is 9.38. The summed E-state index contributed by atoms with van der Waals surface area (Å²) < 4.78 is 5.82. The molecule has 0 radical (unpaired) electrons. The number of hydrogen-bond acceptors (Lipinski definition) is 11. The molecule has 1 saturated heterocycles. The first-order chi connectivity index (χ1) is 27.7. The van der Waals surface area contributed by atoms with E-state index in [4.69, 9.17) is 4.74 Å². The number of rotatable bonds is 8. The molecular formula is C43H35BrN4O10. The average Bonchev–Trinajstić information content (AvgIpc) is 3.47. The first-order valence-electron chi connectivity index (χ1n) is 18.4. The van der Waals surface area contributed by atoms with E-state index < -0.39 is 68.0 Å². The van der Waals surface area contributed by atoms with Gasteiger partial charge in [-0.3, -0.25) is 39.4 Å². The van der Waals surface area contributed by atoms with Crippen LogP contribution in [-0.4, -0.2) is 59.5 Å². The second-order valence-corrected chi connectivity index (χ2v) is 15.9. The average molecular weight is 848 g/mol. The molecule has 2 fully saturated rings. The predicted molar refractivity (Wildman–Crippen MR) is 216 cm³/mol. The molecule has 4 aromatic rings. The summed E-state index contributed by atoms with van der Waals surface area (Å²) in [5.74, 6) is -7.03. The summed E-state index contributed by atoms with van der Waals surface area (Å²) in [6.07, 6.45) is 3.26. The van der Waals surface area contributed by atoms with Gasteiger partial charge in [0.25, 0.3) is 0 Å². The van der Waals surface area contributed by atoms with Crippen molar-refractivity contribution in [3.63, 3.8) is 0 Å². The van der Waals surface area contributed by atoms with E-state index in [1.165, 1.54) is 32.2 Å². The molecule has 0 spiro atoms. The van der Waals surface area contributed by atoms with Gasteiger partial charge in [-0.05, 0) is 69.6 Å². The minimum atomic E-state index is -1.55. The Morgan fingerprint density at radius 2 is 1.50 bits per heavy atom. The number of phenolic OH excluding ortho intramolecular Hbond substituents is 1. The van der Waals surface area contributed by atoms with E-state index in [-0.39, 0.29) is 57.3 Å². The minimum Gasteiger partial charge on any atom is -0.503 e. The normalized spacial score (nSPS) is 25.0. The third kappa shape index (κ3) is 5.58. The van der Waals surface area contributed by atoms with Crippen molar-refractivity contribution >= 4 is 67.6 Å². The second-order valence-electron chi connectivity index (χ2n) is 15.1. The number of methoxy groups -OCH3 is 1. The van der Waals surface area contributed by atoms with Crippen LogP contribution in [0.1, 0.15) is 35.4 Å². The fraction of sp³-hybridized carbons (Fsp3) is 0.256. The van der Waals surface area contributed by atoms with Gasteiger partial charge in [-0.25, -0.2) is 4.90 Å². The predicted octanol–water partition coefficient (Wildman–Crippen LogP) is 7.07. The van der Waals surface area contributed by atoms with Crippen LogP contribution in [0.2, 0.25) is 0 Å². The van der Waals surface area contributed by atoms with Crippen LogP contribution in [0.4, 0.5) is 22.7 Å². The highest BCUT2D eigenvalue weighted by Gasteiger charge is 2.66. The molecule has 0 aromatic heterocycles. The highest BCUT2D eigenvalue weighted by Crippen LogP contribution is 2.64. The van der Waals surface area contributed by atoms with Crippen LogP contribution in [0.3, 0.4) is 0 Å². The number of ether oxygens (including phenoxy) is 1. The molecule has 3 aliphatic carbocycles. The van der Waals surface area contributed by atoms with Gasteiger partial charge in [0.05, 0.1) is 44.4 Å². The smallest absolute Gasteiger partial charge is 0.301 e. The summed E-state index contributed by atoms with van der Waals surface area (Å²) in [6.45, 7) is 0. The molecule has 294 valence electrons. The third-order valence-electron chi connectivity index (χ3n) is 12.1. The van der Waals surface area contributed by atoms with Crippen LogP contribution in [0.5, 0.6) is 11.5 Å². The van der Waals surface area contributed by atoms with Crippen LogP contribution in [0, 0.1) is 43.9 Å². The Morgan fingerprint density at radius 1 is 0.879 bits per heavy atom. The van der Waals surface area contributed by atoms with Gasteiger partial charge >= 0.3 is 11.4 Å². The number of ketones is 2. The molecule has 6 unspecified atom stereocenters. The molecule has 6 atom stereocenters. The number of anilines is 2. The Morgan fingerprint density at radius 3 is 2.09 bits per heavy atom. The number of carbonyl (C=O) groups excluding carboxylic acids is 4. The lowest BCUT2D eigenvalue weighted by Gasteiger charge is -2.55. The Bertz CT molecular complexity index is 2500. The maximum atomic E-state index is 15.3. The van der Waals surface area contributed by atoms with Crippen molar-refractivity contribution in [3.8, 4) is 11.5 Å². The van der Waals surface area contributed by atoms with Crippen molar-refractivity contribution in [1.29, 1.82) is 0 Å². The molecule has 8 rings (SSSR count). The van der Waals surface area contributed by atoms with Crippen LogP contribution in [0.25, 0.3) is 5.57 Å². The van der Waals surface area contributed by atoms with E-state index >= 15 is 9.59 Å². The topological polar surface area (TPSA) is 190 Å². The van der Waals surface area contributed by atoms with Crippen molar-refractivity contribution < 1.29 is 38.9 Å². The van der Waals surface area contributed by atoms with E-state index in [0.29, 0.717) is 22.3 Å². The highest BCUT2D eigenvalue weighted by atomic mass is 79.9. The number of nitrogens with zero attached hydrogens (tertiary/aromatic N) is 4. The number of hydrogen-bond donors (Lipinski definition) is 1. The highest BCUT2D eigenvalue weighted by molar-refractivity contribution is 9.10. The monoisotopic (exact) mass is 846 g/mol. The second kappa shape index (κ2) is 14.2. The van der Waals surface area contributed by atoms with Gasteiger partial charge in [0, 0.05) is 43.6 Å². The molecule has 58 heavy (non-hydrogen) atoms. The zero-order valence-corrected chi connectivity index (χ0v) is 32.9. The Hall–Kier alpha value is -6.48. The van der Waals surface area contributed by atoms with Crippen molar-refractivity contribution in [1.82, 2.24) is 0 Å². The largest absolute Gasteiger partial charge is 0.503 e. The molecule has 1 aliphatic heterocycles. The van der Waals surface area contributed by atoms with Crippen LogP contribution < -0.4 is 14.5 Å². The van der Waals surface area contributed by atoms with Gasteiger partial charge in [-0.1, -0.05) is 72.3 Å². The summed E-state index contributed by atoms with van der Waals surface area (Å²) >= 11 is 3.45. The van der Waals surface area contributed by atoms with Gasteiger partial charge in [0.2, 0.25) is 11.8 Å². The van der Waals surface area contributed by atoms with Crippen molar-refractivity contribution in [2.75, 3.05) is 31.0 Å². The zero-order valence-electron chi connectivity index (χ0n) is 31.3. The van der Waals surface area contributed by atoms with Gasteiger partial charge in [0.15, 0.2) is 28.8 Å². The van der Waals surface area contributed by atoms with Crippen molar-refractivity contribution in [2.45, 2.75) is 24.2 Å². The number of aromatic hydroxyl groups is 1. The molecule has 1 heterocycles. The lowest BCUT2D eigenvalue weighted by atomic mass is 9.44. The molecule has 15 heteroatoms. The summed E-state index contributed by atoms with van der Waals surface area (Å²) in [7, 11) is 4.21. The first kappa shape index (κ1) is 38.4. The number of phenols is 1. The van der Waals surface area contributed by atoms with E-state index in [9.17, 15) is 34.9 Å². The first-order valence-corrected chi connectivity index (χ1v) is 19.2. The van der Waals surface area contributed by atoms with Crippen molar-refractivity contribution in [2.24, 2.45) is 23.7 Å². The number of amides is 2. The van der Waals surface area contributed by atoms with Gasteiger partial charge in [-0.2, -0.15) is 0 Å². The van der Waals surface area contributed by atoms with E-state index in [1.54, 1.807) is 72.8 Å². The number of imide groups is 1. The van der Waals surface area contributed by atoms with Crippen LogP contribution >= 0.6 is 15.9 Å². The van der Waals surface area contributed by atoms with Crippen LogP contribution in [-0.2, 0) is 24.6 Å². The maximum Gasteiger partial charge on any atom is 0.301 e. The molecule has 1 saturated carbocycles. The summed E-state index contributed by atoms with van der Waals surface area (Å²) in [6, 6.07) is 23.0. The number of benzene rings is 4. The minimum absolute atomic E-state index is 0.0176. The fourth-order valence-electron chi connectivity index (χ4n) is 9.88. The lowest BCUT2D eigenvalue weighted by Crippen LogP contribution is -2.58. The quantitative estimate of drug-likeness (QED) is 0.0826. The van der Waals surface area contributed by atoms with E-state index in [0.717, 1.165) is 17.0 Å². The SMILES string of the molecule is COc1cc(C2C3=CCC4C(=O)N(c5cc([N+](=O)[O-])c(N(C)C)c([N+](=O)[O-])c5)C(=O)C4C3CC3C(=O)C(c4ccccc4)=CC(=O)C32c2ccccc2)cc(Br)c1O. The molecular weight excluding hydrogens is 812 g/mol. The Balaban J connectivity index is 1.35. The Labute approximate surface area is 339 Å².